The number of rotatable bonds is 3. The Hall–Kier alpha value is -1.91. The van der Waals surface area contributed by atoms with E-state index in [9.17, 15) is 10.1 Å². The average molecular weight is 247 g/mol. The first-order valence-electron chi connectivity index (χ1n) is 6.21. The molecule has 1 aromatic carbocycles. The summed E-state index contributed by atoms with van der Waals surface area (Å²) in [6.07, 6.45) is 4.39. The summed E-state index contributed by atoms with van der Waals surface area (Å²) in [5, 5.41) is 15.0. The molecule has 0 unspecified atom stereocenters. The van der Waals surface area contributed by atoms with Crippen molar-refractivity contribution in [3.63, 3.8) is 0 Å². The number of nitro benzene ring substituents is 1. The van der Waals surface area contributed by atoms with Gasteiger partial charge < -0.3 is 0 Å². The second kappa shape index (κ2) is 5.62. The van der Waals surface area contributed by atoms with Gasteiger partial charge in [-0.3, -0.25) is 15.5 Å². The van der Waals surface area contributed by atoms with E-state index in [1.54, 1.807) is 12.1 Å². The van der Waals surface area contributed by atoms with Crippen molar-refractivity contribution in [2.75, 3.05) is 5.43 Å². The van der Waals surface area contributed by atoms with Crippen LogP contribution in [-0.2, 0) is 0 Å². The summed E-state index contributed by atoms with van der Waals surface area (Å²) in [4.78, 5) is 10.2. The van der Waals surface area contributed by atoms with E-state index in [2.05, 4.69) is 17.5 Å². The molecule has 0 aliphatic heterocycles. The van der Waals surface area contributed by atoms with Crippen LogP contribution in [0.4, 0.5) is 11.4 Å². The Bertz CT molecular complexity index is 461. The summed E-state index contributed by atoms with van der Waals surface area (Å²) >= 11 is 0. The molecular formula is C13H17N3O2. The number of non-ortho nitro benzene ring substituents is 1. The summed E-state index contributed by atoms with van der Waals surface area (Å²) < 4.78 is 0. The molecule has 1 fully saturated rings. The predicted octanol–water partition coefficient (Wildman–Crippen LogP) is 3.57. The molecule has 0 atom stereocenters. The lowest BCUT2D eigenvalue weighted by molar-refractivity contribution is -0.384. The molecule has 0 bridgehead atoms. The lowest BCUT2D eigenvalue weighted by Gasteiger charge is -2.18. The smallest absolute Gasteiger partial charge is 0.271 e. The van der Waals surface area contributed by atoms with Gasteiger partial charge in [-0.2, -0.15) is 5.10 Å². The first-order valence-corrected chi connectivity index (χ1v) is 6.21. The molecule has 1 saturated carbocycles. The second-order valence-electron chi connectivity index (χ2n) is 4.78. The first-order chi connectivity index (χ1) is 8.65. The standard InChI is InChI=1S/C13H17N3O2/c1-10-5-7-11(8-6-10)14-15-12-3-2-4-13(9-12)16(17)18/h2-4,9-10,15H,5-8H2,1H3. The largest absolute Gasteiger partial charge is 0.278 e. The van der Waals surface area contributed by atoms with E-state index < -0.39 is 4.92 Å². The van der Waals surface area contributed by atoms with Crippen LogP contribution in [0.5, 0.6) is 0 Å². The molecule has 5 nitrogen and oxygen atoms in total. The molecule has 96 valence electrons. The minimum atomic E-state index is -0.402. The maximum atomic E-state index is 10.6. The van der Waals surface area contributed by atoms with Gasteiger partial charge in [0.1, 0.15) is 0 Å². The lowest BCUT2D eigenvalue weighted by Crippen LogP contribution is -2.13. The van der Waals surface area contributed by atoms with Gasteiger partial charge in [-0.25, -0.2) is 0 Å². The summed E-state index contributed by atoms with van der Waals surface area (Å²) in [7, 11) is 0. The molecule has 0 amide bonds. The third-order valence-electron chi connectivity index (χ3n) is 3.25. The van der Waals surface area contributed by atoms with Gasteiger partial charge in [0.15, 0.2) is 0 Å². The third kappa shape index (κ3) is 3.29. The van der Waals surface area contributed by atoms with E-state index in [1.165, 1.54) is 25.0 Å². The van der Waals surface area contributed by atoms with Crippen molar-refractivity contribution < 1.29 is 4.92 Å². The van der Waals surface area contributed by atoms with Crippen LogP contribution in [-0.4, -0.2) is 10.6 Å². The lowest BCUT2D eigenvalue weighted by atomic mass is 9.90. The van der Waals surface area contributed by atoms with Gasteiger partial charge in [0.05, 0.1) is 10.6 Å². The molecule has 18 heavy (non-hydrogen) atoms. The van der Waals surface area contributed by atoms with E-state index in [0.717, 1.165) is 24.5 Å². The molecule has 2 rings (SSSR count). The van der Waals surface area contributed by atoms with Crippen molar-refractivity contribution in [1.82, 2.24) is 0 Å². The van der Waals surface area contributed by atoms with Crippen LogP contribution >= 0.6 is 0 Å². The molecule has 5 heteroatoms. The highest BCUT2D eigenvalue weighted by Crippen LogP contribution is 2.22. The number of hydrazone groups is 1. The van der Waals surface area contributed by atoms with Gasteiger partial charge in [0.2, 0.25) is 0 Å². The summed E-state index contributed by atoms with van der Waals surface area (Å²) in [6.45, 7) is 2.25. The Morgan fingerprint density at radius 1 is 1.39 bits per heavy atom. The Labute approximate surface area is 106 Å². The van der Waals surface area contributed by atoms with Crippen LogP contribution in [0.15, 0.2) is 29.4 Å². The van der Waals surface area contributed by atoms with Crippen LogP contribution in [0.1, 0.15) is 32.6 Å². The topological polar surface area (TPSA) is 67.5 Å². The van der Waals surface area contributed by atoms with Crippen LogP contribution in [0.25, 0.3) is 0 Å². The Kier molecular flexibility index (Phi) is 3.92. The monoisotopic (exact) mass is 247 g/mol. The highest BCUT2D eigenvalue weighted by molar-refractivity contribution is 5.85. The van der Waals surface area contributed by atoms with E-state index in [0.29, 0.717) is 5.69 Å². The number of nitro groups is 1. The SMILES string of the molecule is CC1CCC(=NNc2cccc([N+](=O)[O-])c2)CC1. The van der Waals surface area contributed by atoms with E-state index >= 15 is 0 Å². The molecule has 0 heterocycles. The number of nitrogens with zero attached hydrogens (tertiary/aromatic N) is 2. The molecule has 1 aromatic rings. The number of hydrogen-bond acceptors (Lipinski definition) is 4. The minimum absolute atomic E-state index is 0.0810. The normalized spacial score (nSPS) is 19.4. The fourth-order valence-corrected chi connectivity index (χ4v) is 2.04. The third-order valence-corrected chi connectivity index (χ3v) is 3.25. The summed E-state index contributed by atoms with van der Waals surface area (Å²) in [5.74, 6) is 0.779. The van der Waals surface area contributed by atoms with Crippen molar-refractivity contribution in [3.05, 3.63) is 34.4 Å². The molecule has 1 N–H and O–H groups in total. The quantitative estimate of drug-likeness (QED) is 0.655. The molecule has 0 saturated heterocycles. The summed E-state index contributed by atoms with van der Waals surface area (Å²) in [6, 6.07) is 6.40. The zero-order valence-corrected chi connectivity index (χ0v) is 10.4. The van der Waals surface area contributed by atoms with Gasteiger partial charge in [-0.05, 0) is 37.7 Å². The minimum Gasteiger partial charge on any atom is -0.278 e. The molecule has 1 aliphatic carbocycles. The molecular weight excluding hydrogens is 230 g/mol. The molecule has 0 aromatic heterocycles. The molecule has 0 radical (unpaired) electrons. The number of anilines is 1. The Morgan fingerprint density at radius 2 is 2.11 bits per heavy atom. The van der Waals surface area contributed by atoms with Crippen LogP contribution in [0.3, 0.4) is 0 Å². The molecule has 0 spiro atoms. The zero-order valence-electron chi connectivity index (χ0n) is 10.4. The maximum Gasteiger partial charge on any atom is 0.271 e. The number of nitrogens with one attached hydrogen (secondary N) is 1. The van der Waals surface area contributed by atoms with E-state index in [-0.39, 0.29) is 5.69 Å². The predicted molar refractivity (Wildman–Crippen MR) is 71.8 cm³/mol. The maximum absolute atomic E-state index is 10.6. The van der Waals surface area contributed by atoms with Gasteiger partial charge in [-0.15, -0.1) is 0 Å². The van der Waals surface area contributed by atoms with Crippen molar-refractivity contribution in [2.24, 2.45) is 11.0 Å². The van der Waals surface area contributed by atoms with Crippen molar-refractivity contribution >= 4 is 17.1 Å². The van der Waals surface area contributed by atoms with Crippen molar-refractivity contribution in [3.8, 4) is 0 Å². The van der Waals surface area contributed by atoms with Gasteiger partial charge in [-0.1, -0.05) is 13.0 Å². The number of benzene rings is 1. The van der Waals surface area contributed by atoms with Crippen molar-refractivity contribution in [1.29, 1.82) is 0 Å². The van der Waals surface area contributed by atoms with Crippen LogP contribution < -0.4 is 5.43 Å². The Morgan fingerprint density at radius 3 is 2.78 bits per heavy atom. The Balaban J connectivity index is 1.99. The van der Waals surface area contributed by atoms with Gasteiger partial charge in [0, 0.05) is 17.8 Å². The highest BCUT2D eigenvalue weighted by atomic mass is 16.6. The fourth-order valence-electron chi connectivity index (χ4n) is 2.04. The van der Waals surface area contributed by atoms with Gasteiger partial charge in [0.25, 0.3) is 5.69 Å². The second-order valence-corrected chi connectivity index (χ2v) is 4.78. The molecule has 1 aliphatic rings. The average Bonchev–Trinajstić information content (AvgIpc) is 2.38. The fraction of sp³-hybridized carbons (Fsp3) is 0.462. The summed E-state index contributed by atoms with van der Waals surface area (Å²) in [5.41, 5.74) is 4.80. The highest BCUT2D eigenvalue weighted by Gasteiger charge is 2.13. The van der Waals surface area contributed by atoms with Crippen LogP contribution in [0, 0.1) is 16.0 Å². The van der Waals surface area contributed by atoms with Gasteiger partial charge >= 0.3 is 0 Å². The van der Waals surface area contributed by atoms with E-state index in [4.69, 9.17) is 0 Å². The van der Waals surface area contributed by atoms with E-state index in [1.807, 2.05) is 0 Å². The first kappa shape index (κ1) is 12.5. The van der Waals surface area contributed by atoms with Crippen LogP contribution in [0.2, 0.25) is 0 Å². The zero-order chi connectivity index (χ0) is 13.0. The number of hydrogen-bond donors (Lipinski definition) is 1. The van der Waals surface area contributed by atoms with Crippen molar-refractivity contribution in [2.45, 2.75) is 32.6 Å².